The largest absolute Gasteiger partial charge is 0.380 e. The maximum Gasteiger partial charge on any atom is 0.0481 e. The first-order chi connectivity index (χ1) is 9.36. The number of anilines is 1. The van der Waals surface area contributed by atoms with Gasteiger partial charge in [-0.3, -0.25) is 0 Å². The SMILES string of the molecule is C=CCSc1ccccc1NC1CN2CCC1CC2. The summed E-state index contributed by atoms with van der Waals surface area (Å²) >= 11 is 1.86. The number of nitrogens with one attached hydrogen (secondary N) is 1. The smallest absolute Gasteiger partial charge is 0.0481 e. The van der Waals surface area contributed by atoms with E-state index in [1.165, 1.54) is 43.1 Å². The van der Waals surface area contributed by atoms with Gasteiger partial charge in [0.2, 0.25) is 0 Å². The third-order valence-corrected chi connectivity index (χ3v) is 5.31. The second-order valence-electron chi connectivity index (χ2n) is 5.48. The highest BCUT2D eigenvalue weighted by atomic mass is 32.2. The number of nitrogens with zero attached hydrogens (tertiary/aromatic N) is 1. The zero-order valence-corrected chi connectivity index (χ0v) is 12.2. The molecule has 1 atom stereocenters. The number of thioether (sulfide) groups is 1. The van der Waals surface area contributed by atoms with Crippen molar-refractivity contribution in [3.63, 3.8) is 0 Å². The summed E-state index contributed by atoms with van der Waals surface area (Å²) < 4.78 is 0. The topological polar surface area (TPSA) is 15.3 Å². The van der Waals surface area contributed by atoms with Gasteiger partial charge < -0.3 is 10.2 Å². The van der Waals surface area contributed by atoms with Crippen LogP contribution in [0, 0.1) is 5.92 Å². The normalized spacial score (nSPS) is 29.2. The maximum absolute atomic E-state index is 3.80. The summed E-state index contributed by atoms with van der Waals surface area (Å²) in [5, 5.41) is 3.79. The molecule has 19 heavy (non-hydrogen) atoms. The van der Waals surface area contributed by atoms with E-state index < -0.39 is 0 Å². The molecule has 3 heteroatoms. The van der Waals surface area contributed by atoms with Gasteiger partial charge >= 0.3 is 0 Å². The van der Waals surface area contributed by atoms with E-state index in [0.717, 1.165) is 11.7 Å². The van der Waals surface area contributed by atoms with Gasteiger partial charge in [-0.05, 0) is 44.0 Å². The fourth-order valence-corrected chi connectivity index (χ4v) is 3.94. The molecule has 3 fully saturated rings. The number of fused-ring (bicyclic) bond motifs is 3. The van der Waals surface area contributed by atoms with Crippen LogP contribution in [0.2, 0.25) is 0 Å². The Kier molecular flexibility index (Phi) is 4.14. The predicted molar refractivity (Wildman–Crippen MR) is 83.9 cm³/mol. The molecular formula is C16H22N2S. The molecule has 0 aliphatic carbocycles. The number of para-hydroxylation sites is 1. The molecule has 0 aromatic heterocycles. The molecule has 1 aromatic carbocycles. The Hall–Kier alpha value is -0.930. The lowest BCUT2D eigenvalue weighted by atomic mass is 9.84. The van der Waals surface area contributed by atoms with Gasteiger partial charge in [0.1, 0.15) is 0 Å². The minimum atomic E-state index is 0.632. The van der Waals surface area contributed by atoms with Crippen LogP contribution in [-0.2, 0) is 0 Å². The molecule has 3 aliphatic rings. The van der Waals surface area contributed by atoms with Gasteiger partial charge in [-0.15, -0.1) is 18.3 Å². The van der Waals surface area contributed by atoms with E-state index in [-0.39, 0.29) is 0 Å². The van der Waals surface area contributed by atoms with Gasteiger partial charge in [-0.25, -0.2) is 0 Å². The Bertz CT molecular complexity index is 438. The highest BCUT2D eigenvalue weighted by molar-refractivity contribution is 7.99. The van der Waals surface area contributed by atoms with Gasteiger partial charge in [0.15, 0.2) is 0 Å². The lowest BCUT2D eigenvalue weighted by molar-refractivity contribution is 0.0974. The Morgan fingerprint density at radius 1 is 1.32 bits per heavy atom. The molecule has 2 bridgehead atoms. The third-order valence-electron chi connectivity index (χ3n) is 4.24. The third kappa shape index (κ3) is 2.98. The van der Waals surface area contributed by atoms with E-state index in [9.17, 15) is 0 Å². The van der Waals surface area contributed by atoms with Crippen molar-refractivity contribution in [3.05, 3.63) is 36.9 Å². The summed E-state index contributed by atoms with van der Waals surface area (Å²) in [7, 11) is 0. The fourth-order valence-electron chi connectivity index (χ4n) is 3.19. The van der Waals surface area contributed by atoms with E-state index in [2.05, 4.69) is 41.1 Å². The highest BCUT2D eigenvalue weighted by Crippen LogP contribution is 2.33. The lowest BCUT2D eigenvalue weighted by Gasteiger charge is -2.45. The lowest BCUT2D eigenvalue weighted by Crippen LogP contribution is -2.53. The molecule has 1 unspecified atom stereocenters. The Morgan fingerprint density at radius 3 is 2.79 bits per heavy atom. The van der Waals surface area contributed by atoms with Crippen molar-refractivity contribution in [1.82, 2.24) is 4.90 Å². The van der Waals surface area contributed by atoms with Crippen molar-refractivity contribution in [1.29, 1.82) is 0 Å². The van der Waals surface area contributed by atoms with E-state index in [1.54, 1.807) is 0 Å². The fraction of sp³-hybridized carbons (Fsp3) is 0.500. The van der Waals surface area contributed by atoms with Crippen LogP contribution in [0.25, 0.3) is 0 Å². The van der Waals surface area contributed by atoms with E-state index in [0.29, 0.717) is 6.04 Å². The molecule has 3 heterocycles. The zero-order chi connectivity index (χ0) is 13.1. The minimum absolute atomic E-state index is 0.632. The summed E-state index contributed by atoms with van der Waals surface area (Å²) in [5.74, 6) is 1.83. The molecule has 0 amide bonds. The molecule has 0 saturated carbocycles. The van der Waals surface area contributed by atoms with Gasteiger partial charge in [0.25, 0.3) is 0 Å². The Labute approximate surface area is 120 Å². The molecule has 2 nitrogen and oxygen atoms in total. The quantitative estimate of drug-likeness (QED) is 0.654. The number of hydrogen-bond acceptors (Lipinski definition) is 3. The van der Waals surface area contributed by atoms with Crippen LogP contribution in [0.15, 0.2) is 41.8 Å². The highest BCUT2D eigenvalue weighted by Gasteiger charge is 2.34. The average molecular weight is 274 g/mol. The molecular weight excluding hydrogens is 252 g/mol. The molecule has 1 N–H and O–H groups in total. The molecule has 102 valence electrons. The number of piperidine rings is 3. The summed E-state index contributed by atoms with van der Waals surface area (Å²) in [5.41, 5.74) is 1.30. The van der Waals surface area contributed by atoms with Crippen molar-refractivity contribution in [2.45, 2.75) is 23.8 Å². The van der Waals surface area contributed by atoms with Crippen molar-refractivity contribution in [3.8, 4) is 0 Å². The first kappa shape index (κ1) is 13.1. The van der Waals surface area contributed by atoms with Gasteiger partial charge in [0.05, 0.1) is 0 Å². The maximum atomic E-state index is 3.80. The monoisotopic (exact) mass is 274 g/mol. The average Bonchev–Trinajstić information content (AvgIpc) is 2.48. The van der Waals surface area contributed by atoms with Crippen LogP contribution < -0.4 is 5.32 Å². The van der Waals surface area contributed by atoms with Gasteiger partial charge in [-0.2, -0.15) is 0 Å². The van der Waals surface area contributed by atoms with Gasteiger partial charge in [-0.1, -0.05) is 18.2 Å². The first-order valence-corrected chi connectivity index (χ1v) is 8.17. The van der Waals surface area contributed by atoms with Crippen molar-refractivity contribution in [2.75, 3.05) is 30.7 Å². The van der Waals surface area contributed by atoms with Crippen LogP contribution in [0.3, 0.4) is 0 Å². The molecule has 3 saturated heterocycles. The summed E-state index contributed by atoms with van der Waals surface area (Å²) in [6.07, 6.45) is 4.69. The van der Waals surface area contributed by atoms with Crippen LogP contribution in [0.1, 0.15) is 12.8 Å². The zero-order valence-electron chi connectivity index (χ0n) is 11.3. The Balaban J connectivity index is 1.70. The molecule has 4 rings (SSSR count). The second kappa shape index (κ2) is 6.02. The summed E-state index contributed by atoms with van der Waals surface area (Å²) in [6.45, 7) is 7.62. The minimum Gasteiger partial charge on any atom is -0.380 e. The van der Waals surface area contributed by atoms with Crippen molar-refractivity contribution >= 4 is 17.4 Å². The molecule has 0 radical (unpaired) electrons. The number of rotatable bonds is 5. The van der Waals surface area contributed by atoms with Gasteiger partial charge in [0, 0.05) is 28.9 Å². The summed E-state index contributed by atoms with van der Waals surface area (Å²) in [4.78, 5) is 3.94. The predicted octanol–water partition coefficient (Wildman–Crippen LogP) is 3.47. The van der Waals surface area contributed by atoms with Crippen molar-refractivity contribution < 1.29 is 0 Å². The van der Waals surface area contributed by atoms with E-state index in [1.807, 2.05) is 17.8 Å². The van der Waals surface area contributed by atoms with Crippen LogP contribution in [0.5, 0.6) is 0 Å². The number of hydrogen-bond donors (Lipinski definition) is 1. The van der Waals surface area contributed by atoms with E-state index in [4.69, 9.17) is 0 Å². The summed E-state index contributed by atoms with van der Waals surface area (Å²) in [6, 6.07) is 9.29. The van der Waals surface area contributed by atoms with Crippen LogP contribution in [0.4, 0.5) is 5.69 Å². The molecule has 1 aromatic rings. The second-order valence-corrected chi connectivity index (χ2v) is 6.55. The van der Waals surface area contributed by atoms with Crippen molar-refractivity contribution in [2.24, 2.45) is 5.92 Å². The van der Waals surface area contributed by atoms with Crippen LogP contribution in [-0.4, -0.2) is 36.3 Å². The molecule has 3 aliphatic heterocycles. The standard InChI is InChI=1S/C16H22N2S/c1-2-11-19-16-6-4-3-5-14(16)17-15-12-18-9-7-13(15)8-10-18/h2-6,13,15,17H,1,7-12H2. The Morgan fingerprint density at radius 2 is 2.11 bits per heavy atom. The molecule has 0 spiro atoms. The first-order valence-electron chi connectivity index (χ1n) is 7.18. The van der Waals surface area contributed by atoms with E-state index >= 15 is 0 Å². The number of benzene rings is 1. The van der Waals surface area contributed by atoms with Crippen LogP contribution >= 0.6 is 11.8 Å².